The van der Waals surface area contributed by atoms with Gasteiger partial charge in [0, 0.05) is 30.9 Å². The first-order valence-electron chi connectivity index (χ1n) is 7.16. The Morgan fingerprint density at radius 2 is 2.24 bits per heavy atom. The molecule has 0 saturated carbocycles. The summed E-state index contributed by atoms with van der Waals surface area (Å²) in [5.74, 6) is -1.25. The van der Waals surface area contributed by atoms with Crippen LogP contribution in [0.2, 0.25) is 0 Å². The minimum absolute atomic E-state index is 0.175. The molecule has 1 aliphatic rings. The molecule has 0 aliphatic carbocycles. The molecule has 1 saturated heterocycles. The van der Waals surface area contributed by atoms with Gasteiger partial charge in [-0.15, -0.1) is 11.3 Å². The molecule has 2 heterocycles. The van der Waals surface area contributed by atoms with Crippen LogP contribution in [-0.2, 0) is 11.2 Å². The average Bonchev–Trinajstić information content (AvgIpc) is 2.77. The van der Waals surface area contributed by atoms with Gasteiger partial charge in [0.25, 0.3) is 0 Å². The number of nitrogens with zero attached hydrogens (tertiary/aromatic N) is 2. The van der Waals surface area contributed by atoms with Crippen LogP contribution in [0.5, 0.6) is 0 Å². The van der Waals surface area contributed by atoms with Crippen molar-refractivity contribution in [2.75, 3.05) is 19.6 Å². The number of nitrogens with one attached hydrogen (secondary N) is 1. The summed E-state index contributed by atoms with van der Waals surface area (Å²) in [6, 6.07) is -0.175. The molecule has 6 nitrogen and oxygen atoms in total. The number of hydrogen-bond donors (Lipinski definition) is 2. The number of carbonyl (C=O) groups is 2. The molecule has 1 aliphatic heterocycles. The van der Waals surface area contributed by atoms with Crippen LogP contribution >= 0.6 is 11.3 Å². The van der Waals surface area contributed by atoms with E-state index < -0.39 is 11.9 Å². The molecule has 0 bridgehead atoms. The molecule has 2 N–H and O–H groups in total. The van der Waals surface area contributed by atoms with Crippen molar-refractivity contribution in [3.05, 3.63) is 15.6 Å². The number of carboxylic acids is 1. The van der Waals surface area contributed by atoms with Crippen LogP contribution in [0.4, 0.5) is 4.79 Å². The van der Waals surface area contributed by atoms with E-state index in [9.17, 15) is 9.59 Å². The Labute approximate surface area is 128 Å². The van der Waals surface area contributed by atoms with Crippen molar-refractivity contribution in [3.8, 4) is 0 Å². The van der Waals surface area contributed by atoms with Crippen molar-refractivity contribution in [2.45, 2.75) is 33.1 Å². The van der Waals surface area contributed by atoms with Crippen LogP contribution < -0.4 is 5.32 Å². The second kappa shape index (κ2) is 6.89. The van der Waals surface area contributed by atoms with E-state index in [0.717, 1.165) is 17.1 Å². The van der Waals surface area contributed by atoms with Crippen molar-refractivity contribution in [2.24, 2.45) is 5.92 Å². The third-order valence-electron chi connectivity index (χ3n) is 3.75. The lowest BCUT2D eigenvalue weighted by Gasteiger charge is -2.30. The molecule has 0 spiro atoms. The summed E-state index contributed by atoms with van der Waals surface area (Å²) in [5, 5.41) is 12.9. The average molecular weight is 311 g/mol. The highest BCUT2D eigenvalue weighted by Gasteiger charge is 2.27. The second-order valence-electron chi connectivity index (χ2n) is 5.35. The topological polar surface area (TPSA) is 82.5 Å². The van der Waals surface area contributed by atoms with Crippen molar-refractivity contribution < 1.29 is 14.7 Å². The molecule has 0 radical (unpaired) electrons. The zero-order valence-corrected chi connectivity index (χ0v) is 13.2. The molecule has 0 aromatic carbocycles. The number of hydrogen-bond acceptors (Lipinski definition) is 4. The minimum Gasteiger partial charge on any atom is -0.481 e. The van der Waals surface area contributed by atoms with E-state index in [2.05, 4.69) is 10.3 Å². The number of aliphatic carboxylic acids is 1. The first-order valence-corrected chi connectivity index (χ1v) is 7.97. The van der Waals surface area contributed by atoms with Crippen molar-refractivity contribution >= 4 is 23.3 Å². The van der Waals surface area contributed by atoms with Crippen LogP contribution in [0.15, 0.2) is 0 Å². The van der Waals surface area contributed by atoms with Gasteiger partial charge in [0.1, 0.15) is 0 Å². The summed E-state index contributed by atoms with van der Waals surface area (Å²) < 4.78 is 0. The van der Waals surface area contributed by atoms with Gasteiger partial charge in [0.15, 0.2) is 0 Å². The maximum absolute atomic E-state index is 12.0. The first kappa shape index (κ1) is 15.8. The lowest BCUT2D eigenvalue weighted by Crippen LogP contribution is -2.47. The van der Waals surface area contributed by atoms with Gasteiger partial charge in [-0.1, -0.05) is 0 Å². The van der Waals surface area contributed by atoms with E-state index in [-0.39, 0.29) is 6.03 Å². The zero-order valence-electron chi connectivity index (χ0n) is 12.4. The molecule has 1 unspecified atom stereocenters. The van der Waals surface area contributed by atoms with Gasteiger partial charge in [0.2, 0.25) is 0 Å². The van der Waals surface area contributed by atoms with E-state index in [0.29, 0.717) is 32.5 Å². The van der Waals surface area contributed by atoms with E-state index in [1.54, 1.807) is 16.2 Å². The van der Waals surface area contributed by atoms with Crippen LogP contribution in [0.3, 0.4) is 0 Å². The number of amides is 2. The lowest BCUT2D eigenvalue weighted by atomic mass is 9.99. The molecule has 2 amide bonds. The van der Waals surface area contributed by atoms with E-state index in [1.165, 1.54) is 4.88 Å². The second-order valence-corrected chi connectivity index (χ2v) is 6.64. The summed E-state index contributed by atoms with van der Waals surface area (Å²) >= 11 is 1.65. The Balaban J connectivity index is 1.77. The molecule has 7 heteroatoms. The van der Waals surface area contributed by atoms with Gasteiger partial charge >= 0.3 is 12.0 Å². The molecule has 116 valence electrons. The number of rotatable bonds is 4. The largest absolute Gasteiger partial charge is 0.481 e. The third kappa shape index (κ3) is 4.17. The van der Waals surface area contributed by atoms with Crippen LogP contribution in [0, 0.1) is 19.8 Å². The molecule has 1 aromatic heterocycles. The SMILES string of the molecule is Cc1nc(CCNC(=O)N2CCCC(C(=O)O)C2)sc1C. The fourth-order valence-corrected chi connectivity index (χ4v) is 3.33. The van der Waals surface area contributed by atoms with E-state index in [1.807, 2.05) is 13.8 Å². The summed E-state index contributed by atoms with van der Waals surface area (Å²) in [5.41, 5.74) is 1.04. The quantitative estimate of drug-likeness (QED) is 0.888. The Bertz CT molecular complexity index is 510. The number of urea groups is 1. The van der Waals surface area contributed by atoms with Crippen molar-refractivity contribution in [3.63, 3.8) is 0 Å². The number of piperidine rings is 1. The maximum Gasteiger partial charge on any atom is 0.317 e. The molecule has 2 rings (SSSR count). The monoisotopic (exact) mass is 311 g/mol. The Morgan fingerprint density at radius 3 is 2.86 bits per heavy atom. The number of thiazole rings is 1. The van der Waals surface area contributed by atoms with Gasteiger partial charge in [-0.25, -0.2) is 9.78 Å². The predicted molar refractivity (Wildman–Crippen MR) is 80.6 cm³/mol. The number of carboxylic acid groups (broad SMARTS) is 1. The van der Waals surface area contributed by atoms with Crippen molar-refractivity contribution in [1.29, 1.82) is 0 Å². The Kier molecular flexibility index (Phi) is 5.17. The highest BCUT2D eigenvalue weighted by atomic mass is 32.1. The molecule has 1 aromatic rings. The van der Waals surface area contributed by atoms with Crippen LogP contribution in [0.25, 0.3) is 0 Å². The number of likely N-dealkylation sites (tertiary alicyclic amines) is 1. The fourth-order valence-electron chi connectivity index (χ4n) is 2.40. The van der Waals surface area contributed by atoms with E-state index in [4.69, 9.17) is 5.11 Å². The molecule has 1 fully saturated rings. The van der Waals surface area contributed by atoms with Crippen molar-refractivity contribution in [1.82, 2.24) is 15.2 Å². The summed E-state index contributed by atoms with van der Waals surface area (Å²) in [6.45, 7) is 5.48. The van der Waals surface area contributed by atoms with Gasteiger partial charge in [-0.2, -0.15) is 0 Å². The fraction of sp³-hybridized carbons (Fsp3) is 0.643. The standard InChI is InChI=1S/C14H21N3O3S/c1-9-10(2)21-12(16-9)5-6-15-14(20)17-7-3-4-11(8-17)13(18)19/h11H,3-8H2,1-2H3,(H,15,20)(H,18,19). The summed E-state index contributed by atoms with van der Waals surface area (Å²) in [6.07, 6.45) is 2.10. The highest BCUT2D eigenvalue weighted by molar-refractivity contribution is 7.11. The summed E-state index contributed by atoms with van der Waals surface area (Å²) in [7, 11) is 0. The van der Waals surface area contributed by atoms with Gasteiger partial charge in [0.05, 0.1) is 16.6 Å². The minimum atomic E-state index is -0.818. The predicted octanol–water partition coefficient (Wildman–Crippen LogP) is 1.81. The van der Waals surface area contributed by atoms with Crippen LogP contribution in [-0.4, -0.2) is 46.6 Å². The lowest BCUT2D eigenvalue weighted by molar-refractivity contribution is -0.143. The molecule has 1 atom stereocenters. The molecule has 21 heavy (non-hydrogen) atoms. The smallest absolute Gasteiger partial charge is 0.317 e. The Hall–Kier alpha value is -1.63. The summed E-state index contributed by atoms with van der Waals surface area (Å²) in [4.78, 5) is 30.3. The molecular weight excluding hydrogens is 290 g/mol. The van der Waals surface area contributed by atoms with Gasteiger partial charge < -0.3 is 15.3 Å². The van der Waals surface area contributed by atoms with Gasteiger partial charge in [-0.3, -0.25) is 4.79 Å². The Morgan fingerprint density at radius 1 is 1.48 bits per heavy atom. The number of aromatic nitrogens is 1. The number of carbonyl (C=O) groups excluding carboxylic acids is 1. The normalized spacial score (nSPS) is 18.6. The van der Waals surface area contributed by atoms with Gasteiger partial charge in [-0.05, 0) is 26.7 Å². The van der Waals surface area contributed by atoms with Crippen LogP contribution in [0.1, 0.15) is 28.4 Å². The zero-order chi connectivity index (χ0) is 15.4. The first-order chi connectivity index (χ1) is 9.97. The number of aryl methyl sites for hydroxylation is 2. The molecular formula is C14H21N3O3S. The van der Waals surface area contributed by atoms with E-state index >= 15 is 0 Å². The highest BCUT2D eigenvalue weighted by Crippen LogP contribution is 2.17. The third-order valence-corrected chi connectivity index (χ3v) is 4.88. The maximum atomic E-state index is 12.0.